The van der Waals surface area contributed by atoms with E-state index < -0.39 is 23.1 Å². The Morgan fingerprint density at radius 2 is 0.919 bits per heavy atom. The predicted octanol–water partition coefficient (Wildman–Crippen LogP) is 7.79. The van der Waals surface area contributed by atoms with Gasteiger partial charge in [-0.05, 0) is 113 Å². The number of piperidine rings is 2. The van der Waals surface area contributed by atoms with Gasteiger partial charge in [0.2, 0.25) is 11.8 Å². The summed E-state index contributed by atoms with van der Waals surface area (Å²) in [6, 6.07) is 22.0. The summed E-state index contributed by atoms with van der Waals surface area (Å²) in [4.78, 5) is 46.8. The SMILES string of the molecule is CC(=O)Nc1cc(Cl)c(O)cc1OC[C@@](C)(O)CNC1CCN(Cc2ccc(Cl)cc2)CC1.CC(=O)Nc1cc(Cl)c(O)cc1OC[C@@](C)(O)CNC1CCN(Cc2ccc(Cl)cc2)CC1.O=C(O)/C=C/C(=O)O. The van der Waals surface area contributed by atoms with E-state index in [-0.39, 0.29) is 58.1 Å². The maximum atomic E-state index is 11.4. The summed E-state index contributed by atoms with van der Waals surface area (Å²) in [5.41, 5.74) is 0.867. The summed E-state index contributed by atoms with van der Waals surface area (Å²) in [5, 5.41) is 70.8. The molecule has 404 valence electrons. The zero-order chi connectivity index (χ0) is 54.6. The average Bonchev–Trinajstić information content (AvgIpc) is 3.33. The topological polar surface area (TPSA) is 263 Å². The van der Waals surface area contributed by atoms with Crippen LogP contribution in [0.2, 0.25) is 20.1 Å². The van der Waals surface area contributed by atoms with Gasteiger partial charge in [-0.3, -0.25) is 19.4 Å². The third-order valence-electron chi connectivity index (χ3n) is 11.5. The molecule has 2 aliphatic rings. The highest BCUT2D eigenvalue weighted by atomic mass is 35.5. The van der Waals surface area contributed by atoms with Gasteiger partial charge >= 0.3 is 11.9 Å². The third kappa shape index (κ3) is 23.0. The number of carboxylic acids is 2. The molecule has 2 fully saturated rings. The van der Waals surface area contributed by atoms with Crippen LogP contribution in [-0.2, 0) is 32.3 Å². The fourth-order valence-electron chi connectivity index (χ4n) is 7.62. The van der Waals surface area contributed by atoms with Crippen molar-refractivity contribution in [2.75, 3.05) is 63.1 Å². The normalized spacial score (nSPS) is 16.1. The standard InChI is InChI=1S/2C24H31Cl2N3O4.C4H4O4/c2*1-16(30)28-21-11-20(26)22(31)12-23(21)33-15-24(2,32)14-27-19-7-9-29(10-8-19)13-17-3-5-18(25)6-4-17;5-3(6)1-2-4(7)8/h2*3-6,11-12,19,27,31-32H,7-10,13-15H2,1-2H3,(H,28,30);1-2H,(H,5,6)(H,7,8)/b;;2-1+/t2*24-;/m00./s1. The lowest BCUT2D eigenvalue weighted by atomic mass is 10.0. The Balaban J connectivity index is 0.000000279. The van der Waals surface area contributed by atoms with E-state index in [4.69, 9.17) is 66.1 Å². The van der Waals surface area contributed by atoms with E-state index in [1.807, 2.05) is 24.3 Å². The first-order chi connectivity index (χ1) is 34.8. The van der Waals surface area contributed by atoms with Crippen LogP contribution in [0.25, 0.3) is 0 Å². The van der Waals surface area contributed by atoms with Crippen molar-refractivity contribution in [3.8, 4) is 23.0 Å². The number of amides is 2. The first kappa shape index (κ1) is 61.2. The molecule has 74 heavy (non-hydrogen) atoms. The number of carbonyl (C=O) groups excluding carboxylic acids is 2. The lowest BCUT2D eigenvalue weighted by molar-refractivity contribution is -0.134. The molecule has 0 aromatic heterocycles. The van der Waals surface area contributed by atoms with Crippen molar-refractivity contribution >= 4 is 81.5 Å². The fourth-order valence-corrected chi connectivity index (χ4v) is 8.20. The number of nitrogens with one attached hydrogen (secondary N) is 4. The summed E-state index contributed by atoms with van der Waals surface area (Å²) in [6.07, 6.45) is 5.07. The van der Waals surface area contributed by atoms with Crippen molar-refractivity contribution in [2.24, 2.45) is 0 Å². The van der Waals surface area contributed by atoms with Crippen molar-refractivity contribution in [2.45, 2.75) is 89.8 Å². The lowest BCUT2D eigenvalue weighted by Crippen LogP contribution is -2.49. The molecular weight excluding hydrogens is 1040 g/mol. The van der Waals surface area contributed by atoms with Crippen LogP contribution in [0.3, 0.4) is 0 Å². The molecule has 2 atom stereocenters. The first-order valence-corrected chi connectivity index (χ1v) is 25.2. The number of hydrogen-bond donors (Lipinski definition) is 10. The number of rotatable bonds is 20. The molecule has 0 aliphatic carbocycles. The lowest BCUT2D eigenvalue weighted by Gasteiger charge is -2.34. The fraction of sp³-hybridized carbons (Fsp3) is 0.423. The summed E-state index contributed by atoms with van der Waals surface area (Å²) in [6.45, 7) is 12.5. The minimum atomic E-state index is -1.26. The molecule has 0 unspecified atom stereocenters. The zero-order valence-corrected chi connectivity index (χ0v) is 44.7. The molecule has 18 nitrogen and oxygen atoms in total. The molecule has 6 rings (SSSR count). The number of benzene rings is 4. The van der Waals surface area contributed by atoms with Crippen LogP contribution in [0.15, 0.2) is 84.9 Å². The van der Waals surface area contributed by atoms with Crippen molar-refractivity contribution < 1.29 is 59.3 Å². The third-order valence-corrected chi connectivity index (χ3v) is 12.6. The van der Waals surface area contributed by atoms with Gasteiger partial charge in [-0.2, -0.15) is 0 Å². The molecule has 2 saturated heterocycles. The smallest absolute Gasteiger partial charge is 0.328 e. The van der Waals surface area contributed by atoms with Crippen molar-refractivity contribution in [3.05, 3.63) is 116 Å². The summed E-state index contributed by atoms with van der Waals surface area (Å²) >= 11 is 23.8. The van der Waals surface area contributed by atoms with Crippen LogP contribution in [0, 0.1) is 0 Å². The second kappa shape index (κ2) is 29.6. The van der Waals surface area contributed by atoms with E-state index in [1.165, 1.54) is 49.2 Å². The van der Waals surface area contributed by atoms with Crippen LogP contribution < -0.4 is 30.7 Å². The largest absolute Gasteiger partial charge is 0.506 e. The molecule has 0 spiro atoms. The second-order valence-electron chi connectivity index (χ2n) is 18.7. The van der Waals surface area contributed by atoms with Crippen LogP contribution in [0.4, 0.5) is 11.4 Å². The van der Waals surface area contributed by atoms with Crippen LogP contribution in [0.1, 0.15) is 64.5 Å². The Labute approximate surface area is 451 Å². The number of phenols is 2. The second-order valence-corrected chi connectivity index (χ2v) is 20.3. The maximum absolute atomic E-state index is 11.4. The molecule has 22 heteroatoms. The highest BCUT2D eigenvalue weighted by Crippen LogP contribution is 2.37. The number of hydrogen-bond acceptors (Lipinski definition) is 14. The number of aliphatic hydroxyl groups is 2. The van der Waals surface area contributed by atoms with Gasteiger partial charge in [-0.25, -0.2) is 9.59 Å². The Kier molecular flexibility index (Phi) is 24.5. The van der Waals surface area contributed by atoms with Crippen molar-refractivity contribution in [1.82, 2.24) is 20.4 Å². The highest BCUT2D eigenvalue weighted by Gasteiger charge is 2.28. The van der Waals surface area contributed by atoms with Crippen molar-refractivity contribution in [1.29, 1.82) is 0 Å². The number of aromatic hydroxyl groups is 2. The number of aliphatic carboxylic acids is 2. The zero-order valence-electron chi connectivity index (χ0n) is 41.7. The minimum absolute atomic E-state index is 0.0247. The number of likely N-dealkylation sites (tertiary alicyclic amines) is 2. The Bertz CT molecular complexity index is 2330. The molecule has 2 heterocycles. The van der Waals surface area contributed by atoms with E-state index in [0.29, 0.717) is 48.7 Å². The van der Waals surface area contributed by atoms with Crippen LogP contribution >= 0.6 is 46.4 Å². The number of carboxylic acid groups (broad SMARTS) is 2. The number of ether oxygens (including phenoxy) is 2. The monoisotopic (exact) mass is 1110 g/mol. The Morgan fingerprint density at radius 1 is 0.595 bits per heavy atom. The van der Waals surface area contributed by atoms with Gasteiger partial charge in [0.1, 0.15) is 47.4 Å². The molecule has 0 radical (unpaired) electrons. The number of anilines is 2. The van der Waals surface area contributed by atoms with Gasteiger partial charge in [0.25, 0.3) is 0 Å². The number of nitrogens with zero attached hydrogens (tertiary/aromatic N) is 2. The first-order valence-electron chi connectivity index (χ1n) is 23.7. The molecule has 4 aromatic rings. The molecule has 10 N–H and O–H groups in total. The van der Waals surface area contributed by atoms with E-state index in [2.05, 4.69) is 55.3 Å². The van der Waals surface area contributed by atoms with E-state index in [0.717, 1.165) is 75.0 Å². The molecule has 4 aromatic carbocycles. The van der Waals surface area contributed by atoms with E-state index >= 15 is 0 Å². The number of halogens is 4. The maximum Gasteiger partial charge on any atom is 0.328 e. The molecule has 0 saturated carbocycles. The van der Waals surface area contributed by atoms with Gasteiger partial charge in [0.15, 0.2) is 0 Å². The Hall–Kier alpha value is -5.38. The van der Waals surface area contributed by atoms with Crippen LogP contribution in [0.5, 0.6) is 23.0 Å². The highest BCUT2D eigenvalue weighted by molar-refractivity contribution is 6.33. The van der Waals surface area contributed by atoms with Gasteiger partial charge in [-0.15, -0.1) is 0 Å². The molecular formula is C52H66Cl4N6O12. The minimum Gasteiger partial charge on any atom is -0.506 e. The van der Waals surface area contributed by atoms with Crippen LogP contribution in [-0.4, -0.2) is 140 Å². The van der Waals surface area contributed by atoms with E-state index in [9.17, 15) is 39.6 Å². The Morgan fingerprint density at radius 3 is 1.22 bits per heavy atom. The quantitative estimate of drug-likeness (QED) is 0.0299. The summed E-state index contributed by atoms with van der Waals surface area (Å²) in [7, 11) is 0. The average molecular weight is 1110 g/mol. The number of carbonyl (C=O) groups is 4. The number of phenolic OH excluding ortho intramolecular Hbond substituents is 2. The molecule has 0 bridgehead atoms. The van der Waals surface area contributed by atoms with Gasteiger partial charge in [-0.1, -0.05) is 70.7 Å². The van der Waals surface area contributed by atoms with Gasteiger partial charge in [0, 0.05) is 86.4 Å². The summed E-state index contributed by atoms with van der Waals surface area (Å²) < 4.78 is 11.5. The van der Waals surface area contributed by atoms with Crippen molar-refractivity contribution in [3.63, 3.8) is 0 Å². The van der Waals surface area contributed by atoms with Gasteiger partial charge in [0.05, 0.1) is 21.4 Å². The molecule has 2 aliphatic heterocycles. The van der Waals surface area contributed by atoms with Gasteiger partial charge < -0.3 is 61.4 Å². The predicted molar refractivity (Wildman–Crippen MR) is 287 cm³/mol. The molecule has 2 amide bonds. The van der Waals surface area contributed by atoms with E-state index in [1.54, 1.807) is 13.8 Å². The summed E-state index contributed by atoms with van der Waals surface area (Å²) in [5.74, 6) is -2.95.